The normalized spacial score (nSPS) is 13.6. The second-order valence-corrected chi connectivity index (χ2v) is 7.17. The van der Waals surface area contributed by atoms with Gasteiger partial charge >= 0.3 is 0 Å². The summed E-state index contributed by atoms with van der Waals surface area (Å²) >= 11 is 1.72. The molecule has 0 fully saturated rings. The van der Waals surface area contributed by atoms with Gasteiger partial charge in [-0.05, 0) is 19.9 Å². The van der Waals surface area contributed by atoms with Gasteiger partial charge in [0.15, 0.2) is 0 Å². The summed E-state index contributed by atoms with van der Waals surface area (Å²) in [5.41, 5.74) is 9.70. The zero-order valence-corrected chi connectivity index (χ0v) is 13.1. The van der Waals surface area contributed by atoms with Gasteiger partial charge in [0, 0.05) is 21.9 Å². The van der Waals surface area contributed by atoms with Crippen molar-refractivity contribution < 1.29 is 0 Å². The maximum atomic E-state index is 6.10. The fraction of sp³-hybridized carbons (Fsp3) is 0.438. The van der Waals surface area contributed by atoms with Crippen LogP contribution in [-0.4, -0.2) is 4.98 Å². The highest BCUT2D eigenvalue weighted by atomic mass is 32.1. The fourth-order valence-electron chi connectivity index (χ4n) is 2.08. The van der Waals surface area contributed by atoms with Crippen LogP contribution in [0.25, 0.3) is 10.6 Å². The van der Waals surface area contributed by atoms with E-state index in [0.717, 1.165) is 10.7 Å². The molecule has 0 bridgehead atoms. The number of benzene rings is 1. The first-order valence-electron chi connectivity index (χ1n) is 6.63. The van der Waals surface area contributed by atoms with Crippen molar-refractivity contribution in [2.24, 2.45) is 5.73 Å². The molecule has 1 aromatic heterocycles. The number of hydrogen-bond acceptors (Lipinski definition) is 3. The molecule has 0 spiro atoms. The maximum absolute atomic E-state index is 6.10. The minimum Gasteiger partial charge on any atom is -0.323 e. The van der Waals surface area contributed by atoms with Crippen LogP contribution in [0.3, 0.4) is 0 Å². The third-order valence-corrected chi connectivity index (χ3v) is 4.35. The molecule has 1 atom stereocenters. The van der Waals surface area contributed by atoms with Crippen molar-refractivity contribution in [3.63, 3.8) is 0 Å². The average molecular weight is 274 g/mol. The van der Waals surface area contributed by atoms with Gasteiger partial charge in [-0.3, -0.25) is 0 Å². The maximum Gasteiger partial charge on any atom is 0.123 e. The Morgan fingerprint density at radius 3 is 2.42 bits per heavy atom. The van der Waals surface area contributed by atoms with E-state index < -0.39 is 0 Å². The Morgan fingerprint density at radius 2 is 1.95 bits per heavy atom. The molecule has 2 aromatic rings. The molecule has 0 saturated heterocycles. The summed E-state index contributed by atoms with van der Waals surface area (Å²) in [5.74, 6) is 0. The molecule has 0 amide bonds. The lowest BCUT2D eigenvalue weighted by molar-refractivity contribution is 0.561. The topological polar surface area (TPSA) is 38.9 Å². The summed E-state index contributed by atoms with van der Waals surface area (Å²) in [6, 6.07) is 8.51. The van der Waals surface area contributed by atoms with E-state index in [1.807, 2.05) is 6.92 Å². The molecule has 0 saturated carbocycles. The van der Waals surface area contributed by atoms with Gasteiger partial charge in [-0.15, -0.1) is 11.3 Å². The number of thiazole rings is 1. The van der Waals surface area contributed by atoms with Crippen molar-refractivity contribution in [2.45, 2.75) is 46.1 Å². The van der Waals surface area contributed by atoms with E-state index in [0.29, 0.717) is 0 Å². The predicted molar refractivity (Wildman–Crippen MR) is 83.6 cm³/mol. The zero-order valence-electron chi connectivity index (χ0n) is 12.3. The average Bonchev–Trinajstić information content (AvgIpc) is 2.73. The van der Waals surface area contributed by atoms with Crippen LogP contribution in [0.1, 0.15) is 49.9 Å². The van der Waals surface area contributed by atoms with Crippen molar-refractivity contribution in [1.29, 1.82) is 0 Å². The number of rotatable bonds is 2. The fourth-order valence-corrected chi connectivity index (χ4v) is 3.30. The first-order chi connectivity index (χ1) is 8.79. The summed E-state index contributed by atoms with van der Waals surface area (Å²) in [4.78, 5) is 6.05. The van der Waals surface area contributed by atoms with Crippen LogP contribution in [0.4, 0.5) is 0 Å². The van der Waals surface area contributed by atoms with E-state index in [4.69, 9.17) is 10.7 Å². The summed E-state index contributed by atoms with van der Waals surface area (Å²) in [6.07, 6.45) is 0. The number of aromatic nitrogens is 1. The molecule has 102 valence electrons. The molecule has 0 aliphatic heterocycles. The quantitative estimate of drug-likeness (QED) is 0.879. The summed E-state index contributed by atoms with van der Waals surface area (Å²) in [5, 5.41) is 1.07. The Hall–Kier alpha value is -1.19. The van der Waals surface area contributed by atoms with E-state index in [-0.39, 0.29) is 11.5 Å². The zero-order chi connectivity index (χ0) is 14.2. The second-order valence-electron chi connectivity index (χ2n) is 6.14. The second kappa shape index (κ2) is 5.06. The number of nitrogens with zero attached hydrogens (tertiary/aromatic N) is 1. The SMILES string of the molecule is Cc1cccc(-c2nc(C(C)(C)C)c(C(C)N)s2)c1. The number of aryl methyl sites for hydroxylation is 1. The number of hydrogen-bond donors (Lipinski definition) is 1. The van der Waals surface area contributed by atoms with Gasteiger partial charge in [0.1, 0.15) is 5.01 Å². The minimum atomic E-state index is 0.0293. The highest BCUT2D eigenvalue weighted by Crippen LogP contribution is 2.37. The lowest BCUT2D eigenvalue weighted by Gasteiger charge is -2.18. The van der Waals surface area contributed by atoms with Crippen LogP contribution in [0, 0.1) is 6.92 Å². The van der Waals surface area contributed by atoms with Crippen LogP contribution in [0.15, 0.2) is 24.3 Å². The molecule has 2 rings (SSSR count). The summed E-state index contributed by atoms with van der Waals surface area (Å²) < 4.78 is 0. The first-order valence-corrected chi connectivity index (χ1v) is 7.44. The van der Waals surface area contributed by atoms with Crippen LogP contribution in [-0.2, 0) is 5.41 Å². The monoisotopic (exact) mass is 274 g/mol. The van der Waals surface area contributed by atoms with Crippen molar-refractivity contribution in [1.82, 2.24) is 4.98 Å². The molecular formula is C16H22N2S. The van der Waals surface area contributed by atoms with Crippen molar-refractivity contribution in [3.05, 3.63) is 40.4 Å². The predicted octanol–water partition coefficient (Wildman–Crippen LogP) is 4.44. The van der Waals surface area contributed by atoms with E-state index in [1.165, 1.54) is 16.0 Å². The lowest BCUT2D eigenvalue weighted by Crippen LogP contribution is -2.17. The highest BCUT2D eigenvalue weighted by molar-refractivity contribution is 7.15. The molecule has 0 radical (unpaired) electrons. The van der Waals surface area contributed by atoms with Crippen LogP contribution in [0.5, 0.6) is 0 Å². The summed E-state index contributed by atoms with van der Waals surface area (Å²) in [6.45, 7) is 10.7. The van der Waals surface area contributed by atoms with Gasteiger partial charge in [-0.25, -0.2) is 4.98 Å². The van der Waals surface area contributed by atoms with E-state index in [1.54, 1.807) is 11.3 Å². The molecule has 1 unspecified atom stereocenters. The molecule has 0 aliphatic carbocycles. The van der Waals surface area contributed by atoms with E-state index in [9.17, 15) is 0 Å². The molecule has 3 heteroatoms. The van der Waals surface area contributed by atoms with E-state index >= 15 is 0 Å². The number of nitrogens with two attached hydrogens (primary N) is 1. The Balaban J connectivity index is 2.55. The Bertz CT molecular complexity index is 577. The molecular weight excluding hydrogens is 252 g/mol. The molecule has 19 heavy (non-hydrogen) atoms. The Morgan fingerprint density at radius 1 is 1.26 bits per heavy atom. The van der Waals surface area contributed by atoms with Gasteiger partial charge in [0.2, 0.25) is 0 Å². The van der Waals surface area contributed by atoms with Gasteiger partial charge < -0.3 is 5.73 Å². The lowest BCUT2D eigenvalue weighted by atomic mass is 9.90. The van der Waals surface area contributed by atoms with Crippen molar-refractivity contribution in [3.8, 4) is 10.6 Å². The highest BCUT2D eigenvalue weighted by Gasteiger charge is 2.25. The standard InChI is InChI=1S/C16H22N2S/c1-10-7-6-8-12(9-10)15-18-14(16(3,4)5)13(19-15)11(2)17/h6-9,11H,17H2,1-5H3. The van der Waals surface area contributed by atoms with Crippen molar-refractivity contribution in [2.75, 3.05) is 0 Å². The smallest absolute Gasteiger partial charge is 0.123 e. The van der Waals surface area contributed by atoms with Gasteiger partial charge in [0.05, 0.1) is 5.69 Å². The van der Waals surface area contributed by atoms with Crippen LogP contribution in [0.2, 0.25) is 0 Å². The van der Waals surface area contributed by atoms with Crippen molar-refractivity contribution >= 4 is 11.3 Å². The Kier molecular flexibility index (Phi) is 3.79. The Labute approximate surface area is 119 Å². The third kappa shape index (κ3) is 3.04. The molecule has 1 aromatic carbocycles. The first kappa shape index (κ1) is 14.2. The van der Waals surface area contributed by atoms with Gasteiger partial charge in [0.25, 0.3) is 0 Å². The largest absolute Gasteiger partial charge is 0.323 e. The van der Waals surface area contributed by atoms with Gasteiger partial charge in [-0.2, -0.15) is 0 Å². The summed E-state index contributed by atoms with van der Waals surface area (Å²) in [7, 11) is 0. The molecule has 2 nitrogen and oxygen atoms in total. The molecule has 1 heterocycles. The van der Waals surface area contributed by atoms with Crippen LogP contribution >= 0.6 is 11.3 Å². The molecule has 2 N–H and O–H groups in total. The minimum absolute atomic E-state index is 0.0293. The van der Waals surface area contributed by atoms with Gasteiger partial charge in [-0.1, -0.05) is 44.5 Å². The third-order valence-electron chi connectivity index (χ3n) is 3.04. The van der Waals surface area contributed by atoms with E-state index in [2.05, 4.69) is 52.0 Å². The van der Waals surface area contributed by atoms with Crippen LogP contribution < -0.4 is 5.73 Å². The molecule has 0 aliphatic rings.